The second-order valence-corrected chi connectivity index (χ2v) is 5.92. The maximum atomic E-state index is 6.36. The van der Waals surface area contributed by atoms with Crippen LogP contribution in [-0.4, -0.2) is 19.3 Å². The summed E-state index contributed by atoms with van der Waals surface area (Å²) in [5.74, 6) is 1.93. The SMILES string of the molecule is CCCc1nc(-c2cnn(C(C)C)c2)c(N)n1C1CC1. The van der Waals surface area contributed by atoms with Crippen LogP contribution in [-0.2, 0) is 6.42 Å². The molecule has 1 saturated carbocycles. The third-order valence-corrected chi connectivity index (χ3v) is 3.81. The van der Waals surface area contributed by atoms with Gasteiger partial charge in [0, 0.05) is 30.3 Å². The highest BCUT2D eigenvalue weighted by Crippen LogP contribution is 2.41. The highest BCUT2D eigenvalue weighted by Gasteiger charge is 2.30. The summed E-state index contributed by atoms with van der Waals surface area (Å²) in [6.45, 7) is 6.41. The molecule has 0 atom stereocenters. The van der Waals surface area contributed by atoms with E-state index in [4.69, 9.17) is 10.7 Å². The van der Waals surface area contributed by atoms with Gasteiger partial charge in [-0.05, 0) is 33.1 Å². The second kappa shape index (κ2) is 4.96. The Morgan fingerprint density at radius 2 is 2.15 bits per heavy atom. The normalized spacial score (nSPS) is 15.2. The average Bonchev–Trinajstić information content (AvgIpc) is 3.01. The highest BCUT2D eigenvalue weighted by molar-refractivity contribution is 5.70. The summed E-state index contributed by atoms with van der Waals surface area (Å²) in [4.78, 5) is 4.79. The van der Waals surface area contributed by atoms with Gasteiger partial charge in [-0.1, -0.05) is 6.92 Å². The Bertz CT molecular complexity index is 604. The van der Waals surface area contributed by atoms with Crippen LogP contribution in [0.2, 0.25) is 0 Å². The zero-order valence-electron chi connectivity index (χ0n) is 12.5. The minimum Gasteiger partial charge on any atom is -0.383 e. The van der Waals surface area contributed by atoms with Crippen LogP contribution in [0.15, 0.2) is 12.4 Å². The van der Waals surface area contributed by atoms with E-state index in [1.165, 1.54) is 12.8 Å². The van der Waals surface area contributed by atoms with Crippen LogP contribution in [0.5, 0.6) is 0 Å². The standard InChI is InChI=1S/C15H23N5/c1-4-5-13-18-14(15(16)20(13)12-6-7-12)11-8-17-19(9-11)10(2)3/h8-10,12H,4-7,16H2,1-3H3. The second-order valence-electron chi connectivity index (χ2n) is 5.92. The fraction of sp³-hybridized carbons (Fsp3) is 0.600. The predicted molar refractivity (Wildman–Crippen MR) is 80.5 cm³/mol. The summed E-state index contributed by atoms with van der Waals surface area (Å²) < 4.78 is 4.19. The zero-order chi connectivity index (χ0) is 14.3. The molecule has 0 aliphatic heterocycles. The lowest BCUT2D eigenvalue weighted by Gasteiger charge is -2.06. The molecule has 0 amide bonds. The third kappa shape index (κ3) is 2.21. The van der Waals surface area contributed by atoms with Crippen molar-refractivity contribution < 1.29 is 0 Å². The van der Waals surface area contributed by atoms with E-state index >= 15 is 0 Å². The van der Waals surface area contributed by atoms with Crippen LogP contribution in [0.3, 0.4) is 0 Å². The number of rotatable bonds is 5. The molecule has 0 saturated heterocycles. The van der Waals surface area contributed by atoms with Crippen molar-refractivity contribution in [2.24, 2.45) is 0 Å². The smallest absolute Gasteiger partial charge is 0.132 e. The number of nitrogens with zero attached hydrogens (tertiary/aromatic N) is 4. The molecule has 0 aromatic carbocycles. The van der Waals surface area contributed by atoms with Crippen LogP contribution in [0.1, 0.15) is 57.9 Å². The number of nitrogen functional groups attached to an aromatic ring is 1. The van der Waals surface area contributed by atoms with Crippen LogP contribution < -0.4 is 5.73 Å². The molecule has 108 valence electrons. The van der Waals surface area contributed by atoms with Gasteiger partial charge in [0.1, 0.15) is 17.3 Å². The van der Waals surface area contributed by atoms with Gasteiger partial charge in [0.25, 0.3) is 0 Å². The fourth-order valence-corrected chi connectivity index (χ4v) is 2.59. The van der Waals surface area contributed by atoms with Gasteiger partial charge in [-0.2, -0.15) is 5.10 Å². The molecule has 2 aromatic heterocycles. The van der Waals surface area contributed by atoms with Crippen molar-refractivity contribution in [2.75, 3.05) is 5.73 Å². The quantitative estimate of drug-likeness (QED) is 0.910. The van der Waals surface area contributed by atoms with E-state index in [1.807, 2.05) is 17.1 Å². The van der Waals surface area contributed by atoms with Gasteiger partial charge in [0.05, 0.1) is 6.20 Å². The number of hydrogen-bond donors (Lipinski definition) is 1. The molecule has 1 aliphatic carbocycles. The molecular formula is C15H23N5. The molecule has 1 aliphatic rings. The van der Waals surface area contributed by atoms with Crippen molar-refractivity contribution in [1.29, 1.82) is 0 Å². The lowest BCUT2D eigenvalue weighted by atomic mass is 10.2. The topological polar surface area (TPSA) is 61.7 Å². The summed E-state index contributed by atoms with van der Waals surface area (Å²) in [6, 6.07) is 0.920. The molecule has 2 N–H and O–H groups in total. The number of imidazole rings is 1. The molecule has 0 radical (unpaired) electrons. The van der Waals surface area contributed by atoms with E-state index in [0.717, 1.165) is 35.7 Å². The Labute approximate surface area is 119 Å². The van der Waals surface area contributed by atoms with Gasteiger partial charge in [-0.25, -0.2) is 4.98 Å². The maximum absolute atomic E-state index is 6.36. The molecule has 5 nitrogen and oxygen atoms in total. The van der Waals surface area contributed by atoms with Crippen LogP contribution in [0.25, 0.3) is 11.3 Å². The Kier molecular flexibility index (Phi) is 3.28. The van der Waals surface area contributed by atoms with E-state index in [-0.39, 0.29) is 0 Å². The first kappa shape index (κ1) is 13.2. The lowest BCUT2D eigenvalue weighted by Crippen LogP contribution is -2.05. The predicted octanol–water partition coefficient (Wildman–Crippen LogP) is 3.20. The first-order chi connectivity index (χ1) is 9.61. The molecule has 0 unspecified atom stereocenters. The molecule has 3 rings (SSSR count). The summed E-state index contributed by atoms with van der Waals surface area (Å²) in [6.07, 6.45) is 8.43. The molecule has 20 heavy (non-hydrogen) atoms. The van der Waals surface area contributed by atoms with Gasteiger partial charge >= 0.3 is 0 Å². The van der Waals surface area contributed by atoms with Crippen LogP contribution in [0, 0.1) is 0 Å². The molecule has 5 heteroatoms. The lowest BCUT2D eigenvalue weighted by molar-refractivity contribution is 0.532. The molecule has 2 aromatic rings. The molecule has 2 heterocycles. The number of nitrogens with two attached hydrogens (primary N) is 1. The largest absolute Gasteiger partial charge is 0.383 e. The number of hydrogen-bond acceptors (Lipinski definition) is 3. The fourth-order valence-electron chi connectivity index (χ4n) is 2.59. The van der Waals surface area contributed by atoms with Gasteiger partial charge in [-0.3, -0.25) is 4.68 Å². The third-order valence-electron chi connectivity index (χ3n) is 3.81. The Hall–Kier alpha value is -1.78. The van der Waals surface area contributed by atoms with Crippen molar-refractivity contribution in [3.8, 4) is 11.3 Å². The van der Waals surface area contributed by atoms with Crippen molar-refractivity contribution in [3.63, 3.8) is 0 Å². The van der Waals surface area contributed by atoms with Crippen molar-refractivity contribution >= 4 is 5.82 Å². The maximum Gasteiger partial charge on any atom is 0.132 e. The number of aryl methyl sites for hydroxylation is 1. The summed E-state index contributed by atoms with van der Waals surface area (Å²) in [5, 5.41) is 4.39. The van der Waals surface area contributed by atoms with Crippen molar-refractivity contribution in [3.05, 3.63) is 18.2 Å². The van der Waals surface area contributed by atoms with Gasteiger partial charge in [0.15, 0.2) is 0 Å². The number of anilines is 1. The minimum atomic E-state index is 0.352. The number of aromatic nitrogens is 4. The van der Waals surface area contributed by atoms with E-state index < -0.39 is 0 Å². The highest BCUT2D eigenvalue weighted by atomic mass is 15.3. The van der Waals surface area contributed by atoms with Crippen LogP contribution >= 0.6 is 0 Å². The average molecular weight is 273 g/mol. The van der Waals surface area contributed by atoms with Gasteiger partial charge in [-0.15, -0.1) is 0 Å². The molecular weight excluding hydrogens is 250 g/mol. The first-order valence-corrected chi connectivity index (χ1v) is 7.53. The Balaban J connectivity index is 2.01. The Morgan fingerprint density at radius 3 is 2.70 bits per heavy atom. The summed E-state index contributed by atoms with van der Waals surface area (Å²) >= 11 is 0. The summed E-state index contributed by atoms with van der Waals surface area (Å²) in [5.41, 5.74) is 8.27. The van der Waals surface area contributed by atoms with E-state index in [9.17, 15) is 0 Å². The zero-order valence-corrected chi connectivity index (χ0v) is 12.5. The van der Waals surface area contributed by atoms with Crippen molar-refractivity contribution in [1.82, 2.24) is 19.3 Å². The van der Waals surface area contributed by atoms with E-state index in [2.05, 4.69) is 30.4 Å². The van der Waals surface area contributed by atoms with E-state index in [1.54, 1.807) is 0 Å². The molecule has 0 bridgehead atoms. The molecule has 1 fully saturated rings. The monoisotopic (exact) mass is 273 g/mol. The first-order valence-electron chi connectivity index (χ1n) is 7.53. The van der Waals surface area contributed by atoms with Crippen molar-refractivity contribution in [2.45, 2.75) is 58.5 Å². The van der Waals surface area contributed by atoms with Gasteiger partial charge in [0.2, 0.25) is 0 Å². The van der Waals surface area contributed by atoms with E-state index in [0.29, 0.717) is 12.1 Å². The molecule has 0 spiro atoms. The van der Waals surface area contributed by atoms with Gasteiger partial charge < -0.3 is 10.3 Å². The van der Waals surface area contributed by atoms with Crippen LogP contribution in [0.4, 0.5) is 5.82 Å². The Morgan fingerprint density at radius 1 is 1.40 bits per heavy atom. The minimum absolute atomic E-state index is 0.352. The summed E-state index contributed by atoms with van der Waals surface area (Å²) in [7, 11) is 0.